The van der Waals surface area contributed by atoms with Crippen LogP contribution in [-0.4, -0.2) is 16.4 Å². The fraction of sp³-hybridized carbons (Fsp3) is 0.571. The van der Waals surface area contributed by atoms with Crippen LogP contribution < -0.4 is 0 Å². The van der Waals surface area contributed by atoms with Crippen molar-refractivity contribution in [2.45, 2.75) is 20.1 Å². The van der Waals surface area contributed by atoms with Crippen LogP contribution in [0.1, 0.15) is 13.3 Å². The van der Waals surface area contributed by atoms with E-state index in [1.54, 1.807) is 10.9 Å². The molecule has 62 valence electrons. The van der Waals surface area contributed by atoms with Gasteiger partial charge in [-0.3, -0.25) is 0 Å². The van der Waals surface area contributed by atoms with Crippen LogP contribution in [0, 0.1) is 0 Å². The first-order chi connectivity index (χ1) is 5.33. The zero-order valence-corrected chi connectivity index (χ0v) is 8.04. The summed E-state index contributed by atoms with van der Waals surface area (Å²) in [5.74, 6) is 0. The molecule has 1 rings (SSSR count). The highest BCUT2D eigenvalue weighted by Crippen LogP contribution is 2.05. The quantitative estimate of drug-likeness (QED) is 0.724. The molecule has 0 amide bonds. The van der Waals surface area contributed by atoms with Crippen molar-refractivity contribution < 1.29 is 4.74 Å². The first-order valence-corrected chi connectivity index (χ1v) is 4.38. The molecule has 1 aromatic rings. The fourth-order valence-electron chi connectivity index (χ4n) is 0.711. The number of nitrogens with zero attached hydrogens (tertiary/aromatic N) is 2. The van der Waals surface area contributed by atoms with Crippen molar-refractivity contribution in [3.05, 3.63) is 16.9 Å². The van der Waals surface area contributed by atoms with Gasteiger partial charge in [0, 0.05) is 12.8 Å². The number of rotatable bonds is 4. The predicted octanol–water partition coefficient (Wildman–Crippen LogP) is 2.03. The van der Waals surface area contributed by atoms with E-state index in [1.165, 1.54) is 0 Å². The highest BCUT2D eigenvalue weighted by Gasteiger charge is 1.92. The molecule has 0 aliphatic rings. The molecule has 1 aromatic heterocycles. The van der Waals surface area contributed by atoms with Crippen molar-refractivity contribution in [3.63, 3.8) is 0 Å². The third-order valence-electron chi connectivity index (χ3n) is 1.17. The van der Waals surface area contributed by atoms with Crippen LogP contribution in [0.15, 0.2) is 16.9 Å². The highest BCUT2D eigenvalue weighted by atomic mass is 79.9. The van der Waals surface area contributed by atoms with Crippen LogP contribution in [0.3, 0.4) is 0 Å². The summed E-state index contributed by atoms with van der Waals surface area (Å²) in [5, 5.41) is 4.03. The molecule has 0 atom stereocenters. The lowest BCUT2D eigenvalue weighted by atomic mass is 10.5. The summed E-state index contributed by atoms with van der Waals surface area (Å²) in [6.07, 6.45) is 4.67. The third kappa shape index (κ3) is 3.03. The average molecular weight is 219 g/mol. The van der Waals surface area contributed by atoms with Gasteiger partial charge in [0.2, 0.25) is 0 Å². The maximum Gasteiger partial charge on any atom is 0.139 e. The largest absolute Gasteiger partial charge is 0.359 e. The van der Waals surface area contributed by atoms with E-state index in [-0.39, 0.29) is 0 Å². The van der Waals surface area contributed by atoms with Crippen LogP contribution >= 0.6 is 15.9 Å². The standard InChI is InChI=1S/C7H11BrN2O/c1-2-3-11-6-10-5-7(8)4-9-10/h4-5H,2-3,6H2,1H3. The SMILES string of the molecule is CCCOCn1cc(Br)cn1. The van der Waals surface area contributed by atoms with Gasteiger partial charge in [0.15, 0.2) is 0 Å². The van der Waals surface area contributed by atoms with E-state index < -0.39 is 0 Å². The van der Waals surface area contributed by atoms with Crippen molar-refractivity contribution in [2.24, 2.45) is 0 Å². The minimum absolute atomic E-state index is 0.541. The fourth-order valence-corrected chi connectivity index (χ4v) is 1.04. The Kier molecular flexibility index (Phi) is 3.59. The number of hydrogen-bond donors (Lipinski definition) is 0. The molecule has 4 heteroatoms. The molecular weight excluding hydrogens is 208 g/mol. The molecule has 0 spiro atoms. The summed E-state index contributed by atoms with van der Waals surface area (Å²) in [6.45, 7) is 3.41. The van der Waals surface area contributed by atoms with Crippen LogP contribution in [0.2, 0.25) is 0 Å². The first kappa shape index (κ1) is 8.74. The monoisotopic (exact) mass is 218 g/mol. The summed E-state index contributed by atoms with van der Waals surface area (Å²) in [6, 6.07) is 0. The Labute approximate surface area is 74.5 Å². The van der Waals surface area contributed by atoms with Gasteiger partial charge in [-0.15, -0.1) is 0 Å². The molecule has 0 aliphatic heterocycles. The normalized spacial score (nSPS) is 10.4. The zero-order chi connectivity index (χ0) is 8.10. The molecular formula is C7H11BrN2O. The first-order valence-electron chi connectivity index (χ1n) is 3.58. The van der Waals surface area contributed by atoms with Gasteiger partial charge in [0.25, 0.3) is 0 Å². The minimum atomic E-state index is 0.541. The summed E-state index contributed by atoms with van der Waals surface area (Å²) in [7, 11) is 0. The van der Waals surface area contributed by atoms with Gasteiger partial charge < -0.3 is 4.74 Å². The van der Waals surface area contributed by atoms with Crippen LogP contribution in [0.25, 0.3) is 0 Å². The summed E-state index contributed by atoms with van der Waals surface area (Å²) < 4.78 is 8.00. The molecule has 0 radical (unpaired) electrons. The molecule has 1 heterocycles. The van der Waals surface area contributed by atoms with Crippen LogP contribution in [0.4, 0.5) is 0 Å². The van der Waals surface area contributed by atoms with E-state index in [1.807, 2.05) is 6.20 Å². The second-order valence-corrected chi connectivity index (χ2v) is 3.15. The Hall–Kier alpha value is -0.350. The lowest BCUT2D eigenvalue weighted by Gasteiger charge is -2.00. The van der Waals surface area contributed by atoms with Gasteiger partial charge >= 0.3 is 0 Å². The third-order valence-corrected chi connectivity index (χ3v) is 1.58. The van der Waals surface area contributed by atoms with E-state index in [0.29, 0.717) is 6.73 Å². The van der Waals surface area contributed by atoms with Crippen LogP contribution in [-0.2, 0) is 11.5 Å². The minimum Gasteiger partial charge on any atom is -0.359 e. The molecule has 0 saturated heterocycles. The van der Waals surface area contributed by atoms with Gasteiger partial charge in [0.05, 0.1) is 10.7 Å². The maximum atomic E-state index is 5.26. The highest BCUT2D eigenvalue weighted by molar-refractivity contribution is 9.10. The van der Waals surface area contributed by atoms with Crippen molar-refractivity contribution in [3.8, 4) is 0 Å². The summed E-state index contributed by atoms with van der Waals surface area (Å²) in [5.41, 5.74) is 0. The Bertz CT molecular complexity index is 212. The van der Waals surface area contributed by atoms with Crippen molar-refractivity contribution >= 4 is 15.9 Å². The van der Waals surface area contributed by atoms with Gasteiger partial charge in [-0.25, -0.2) is 4.68 Å². The van der Waals surface area contributed by atoms with Crippen molar-refractivity contribution in [1.29, 1.82) is 0 Å². The van der Waals surface area contributed by atoms with Crippen molar-refractivity contribution in [1.82, 2.24) is 9.78 Å². The average Bonchev–Trinajstić information content (AvgIpc) is 2.37. The van der Waals surface area contributed by atoms with Crippen molar-refractivity contribution in [2.75, 3.05) is 6.61 Å². The molecule has 0 N–H and O–H groups in total. The second-order valence-electron chi connectivity index (χ2n) is 2.24. The number of aromatic nitrogens is 2. The molecule has 0 aliphatic carbocycles. The number of ether oxygens (including phenoxy) is 1. The molecule has 11 heavy (non-hydrogen) atoms. The molecule has 0 saturated carbocycles. The summed E-state index contributed by atoms with van der Waals surface area (Å²) >= 11 is 3.30. The Morgan fingerprint density at radius 3 is 3.09 bits per heavy atom. The number of hydrogen-bond acceptors (Lipinski definition) is 2. The van der Waals surface area contributed by atoms with E-state index in [2.05, 4.69) is 28.0 Å². The van der Waals surface area contributed by atoms with Gasteiger partial charge in [-0.2, -0.15) is 5.10 Å². The maximum absolute atomic E-state index is 5.26. The van der Waals surface area contributed by atoms with Gasteiger partial charge in [0.1, 0.15) is 6.73 Å². The lowest BCUT2D eigenvalue weighted by Crippen LogP contribution is -2.02. The van der Waals surface area contributed by atoms with Gasteiger partial charge in [-0.05, 0) is 22.4 Å². The van der Waals surface area contributed by atoms with E-state index in [0.717, 1.165) is 17.5 Å². The molecule has 0 unspecified atom stereocenters. The topological polar surface area (TPSA) is 27.1 Å². The molecule has 0 bridgehead atoms. The molecule has 3 nitrogen and oxygen atoms in total. The zero-order valence-electron chi connectivity index (χ0n) is 6.46. The van der Waals surface area contributed by atoms with Crippen LogP contribution in [0.5, 0.6) is 0 Å². The Morgan fingerprint density at radius 2 is 2.55 bits per heavy atom. The number of halogens is 1. The van der Waals surface area contributed by atoms with E-state index in [4.69, 9.17) is 4.74 Å². The molecule has 0 fully saturated rings. The van der Waals surface area contributed by atoms with Gasteiger partial charge in [-0.1, -0.05) is 6.92 Å². The Balaban J connectivity index is 2.27. The summed E-state index contributed by atoms with van der Waals surface area (Å²) in [4.78, 5) is 0. The smallest absolute Gasteiger partial charge is 0.139 e. The van der Waals surface area contributed by atoms with E-state index in [9.17, 15) is 0 Å². The Morgan fingerprint density at radius 1 is 1.73 bits per heavy atom. The predicted molar refractivity (Wildman–Crippen MR) is 46.2 cm³/mol. The lowest BCUT2D eigenvalue weighted by molar-refractivity contribution is 0.0693. The van der Waals surface area contributed by atoms with E-state index >= 15 is 0 Å². The second kappa shape index (κ2) is 4.51. The molecule has 0 aromatic carbocycles.